The molecule has 0 aromatic rings. The number of likely N-dealkylation sites (tertiary alicyclic amines) is 1. The molecular weight excluding hydrogens is 871 g/mol. The first kappa shape index (κ1) is 61.1. The van der Waals surface area contributed by atoms with Gasteiger partial charge in [-0.15, -0.1) is 0 Å². The minimum atomic E-state index is -1.13. The summed E-state index contributed by atoms with van der Waals surface area (Å²) in [7, 11) is -2.10. The second kappa shape index (κ2) is 29.2. The number of nitrogens with zero attached hydrogens (tertiary/aromatic N) is 5. The van der Waals surface area contributed by atoms with Gasteiger partial charge in [-0.3, -0.25) is 14.5 Å². The zero-order valence-electron chi connectivity index (χ0n) is 43.9. The van der Waals surface area contributed by atoms with Gasteiger partial charge in [0, 0.05) is 83.6 Å². The van der Waals surface area contributed by atoms with Crippen LogP contribution in [0.2, 0.25) is 0 Å². The smallest absolute Gasteiger partial charge is 0.218 e. The fourth-order valence-corrected chi connectivity index (χ4v) is 15.0. The molecule has 1 saturated heterocycles. The zero-order valence-corrected chi connectivity index (χ0v) is 47.4. The Bertz CT molecular complexity index is 1320. The minimum absolute atomic E-state index is 0.0271. The fraction of sp³-hybridized carbons (Fsp3) is 0.915. The molecule has 0 aromatic carbocycles. The first-order valence-corrected chi connectivity index (χ1v) is 28.1. The zero-order chi connectivity index (χ0) is 48.6. The van der Waals surface area contributed by atoms with Crippen molar-refractivity contribution in [1.29, 1.82) is 0 Å². The highest BCUT2D eigenvalue weighted by Gasteiger charge is 2.48. The van der Waals surface area contributed by atoms with Crippen LogP contribution < -0.4 is 5.73 Å². The van der Waals surface area contributed by atoms with Gasteiger partial charge >= 0.3 is 0 Å². The summed E-state index contributed by atoms with van der Waals surface area (Å²) in [5.74, 6) is 1.02. The van der Waals surface area contributed by atoms with E-state index in [0.29, 0.717) is 86.7 Å². The van der Waals surface area contributed by atoms with Gasteiger partial charge in [-0.1, -0.05) is 23.5 Å². The minimum Gasteiger partial charge on any atom is -0.402 e. The van der Waals surface area contributed by atoms with Crippen LogP contribution in [-0.4, -0.2) is 138 Å². The van der Waals surface area contributed by atoms with Crippen molar-refractivity contribution in [2.75, 3.05) is 44.9 Å². The van der Waals surface area contributed by atoms with Crippen LogP contribution in [0, 0.1) is 5.92 Å². The van der Waals surface area contributed by atoms with E-state index in [2.05, 4.69) is 155 Å². The van der Waals surface area contributed by atoms with Crippen LogP contribution in [0.5, 0.6) is 0 Å². The third-order valence-electron chi connectivity index (χ3n) is 12.0. The molecule has 12 nitrogen and oxygen atoms in total. The lowest BCUT2D eigenvalue weighted by atomic mass is 9.70. The number of carbonyl (C=O) groups is 2. The monoisotopic (exact) mass is 967 g/mol. The molecule has 0 saturated carbocycles. The van der Waals surface area contributed by atoms with E-state index in [-0.39, 0.29) is 51.4 Å². The molecule has 0 aliphatic carbocycles. The van der Waals surface area contributed by atoms with E-state index < -0.39 is 16.9 Å². The number of carbonyl (C=O) groups excluding carboxylic acids is 2. The van der Waals surface area contributed by atoms with Crippen molar-refractivity contribution in [2.45, 2.75) is 230 Å². The van der Waals surface area contributed by atoms with Crippen molar-refractivity contribution in [2.24, 2.45) is 11.7 Å². The number of piperidine rings is 1. The SMILES string of the molecule is C/C(N)=C(/C)C(=O)SCOCCOP(N(C(C)C)C(C)C)N(C(C)C)C(C)CC1CCC(C)(C)N(CCC(=O)SCOCCOP(N(C(C)C)C(C)C)N(C(C)C)C(C)C)C1(C)C. The average molecular weight is 967 g/mol. The quantitative estimate of drug-likeness (QED) is 0.0319. The molecule has 63 heavy (non-hydrogen) atoms. The summed E-state index contributed by atoms with van der Waals surface area (Å²) in [4.78, 5) is 28.4. The van der Waals surface area contributed by atoms with E-state index in [4.69, 9.17) is 24.3 Å². The molecule has 1 rings (SSSR count). The predicted molar refractivity (Wildman–Crippen MR) is 275 cm³/mol. The third kappa shape index (κ3) is 19.5. The molecule has 0 amide bonds. The van der Waals surface area contributed by atoms with E-state index in [1.54, 1.807) is 13.8 Å². The van der Waals surface area contributed by atoms with Gasteiger partial charge < -0.3 is 24.3 Å². The Morgan fingerprint density at radius 3 is 1.44 bits per heavy atom. The standard InChI is InChI=1S/C47H96N6O6P2S2/c1-33(2)50(34(3)4)60(51(35(5)6)36(7)8)58-28-26-56-31-62-44(54)23-25-49-46(18,19)24-22-43(47(49,20)21)30-40(15)53(39(13)14)61(52(37(9)10)38(11)12)59-29-27-57-32-63-45(55)41(16)42(17)48/h33-40,43H,22-32,48H2,1-21H3/b42-41+. The maximum Gasteiger partial charge on any atom is 0.218 e. The Labute approximate surface area is 398 Å². The number of rotatable bonds is 30. The van der Waals surface area contributed by atoms with Crippen molar-refractivity contribution in [3.05, 3.63) is 11.3 Å². The molecule has 3 atom stereocenters. The van der Waals surface area contributed by atoms with Gasteiger partial charge in [-0.05, 0) is 171 Å². The second-order valence-corrected chi connectivity index (χ2v) is 25.6. The number of nitrogens with two attached hydrogens (primary N) is 1. The summed E-state index contributed by atoms with van der Waals surface area (Å²) in [5.41, 5.74) is 6.77. The molecule has 3 unspecified atom stereocenters. The van der Waals surface area contributed by atoms with Crippen molar-refractivity contribution in [3.63, 3.8) is 0 Å². The molecule has 1 aliphatic heterocycles. The molecule has 0 spiro atoms. The Morgan fingerprint density at radius 1 is 0.651 bits per heavy atom. The molecule has 0 aromatic heterocycles. The predicted octanol–water partition coefficient (Wildman–Crippen LogP) is 11.7. The average Bonchev–Trinajstić information content (AvgIpc) is 3.13. The summed E-state index contributed by atoms with van der Waals surface area (Å²) < 4.78 is 35.4. The van der Waals surface area contributed by atoms with Gasteiger partial charge in [0.05, 0.1) is 38.3 Å². The number of ether oxygens (including phenoxy) is 2. The van der Waals surface area contributed by atoms with E-state index in [0.717, 1.165) is 31.0 Å². The Hall–Kier alpha value is 0.0800. The molecular formula is C47H96N6O6P2S2. The summed E-state index contributed by atoms with van der Waals surface area (Å²) in [6.07, 6.45) is 3.70. The lowest BCUT2D eigenvalue weighted by Crippen LogP contribution is -2.63. The second-order valence-electron chi connectivity index (χ2n) is 20.3. The number of hydrogen-bond donors (Lipinski definition) is 1. The summed E-state index contributed by atoms with van der Waals surface area (Å²) in [5, 5.41) is 0.105. The maximum atomic E-state index is 13.4. The van der Waals surface area contributed by atoms with E-state index >= 15 is 0 Å². The van der Waals surface area contributed by atoms with Gasteiger partial charge in [0.25, 0.3) is 0 Å². The van der Waals surface area contributed by atoms with Gasteiger partial charge in [0.15, 0.2) is 22.0 Å². The van der Waals surface area contributed by atoms with Gasteiger partial charge in [-0.2, -0.15) is 0 Å². The van der Waals surface area contributed by atoms with E-state index in [1.807, 2.05) is 0 Å². The van der Waals surface area contributed by atoms with Crippen LogP contribution in [-0.2, 0) is 28.1 Å². The molecule has 2 N–H and O–H groups in total. The number of hydrogen-bond acceptors (Lipinski definition) is 14. The van der Waals surface area contributed by atoms with E-state index in [9.17, 15) is 9.59 Å². The molecule has 372 valence electrons. The molecule has 1 aliphatic rings. The highest BCUT2D eigenvalue weighted by molar-refractivity contribution is 8.14. The Balaban J connectivity index is 2.99. The number of allylic oxidation sites excluding steroid dienone is 1. The van der Waals surface area contributed by atoms with Crippen LogP contribution in [0.4, 0.5) is 0 Å². The Morgan fingerprint density at radius 2 is 1.05 bits per heavy atom. The molecule has 16 heteroatoms. The normalized spacial score (nSPS) is 18.9. The van der Waals surface area contributed by atoms with Crippen LogP contribution in [0.25, 0.3) is 0 Å². The van der Waals surface area contributed by atoms with Crippen molar-refractivity contribution < 1.29 is 28.1 Å². The fourth-order valence-electron chi connectivity index (χ4n) is 9.11. The largest absolute Gasteiger partial charge is 0.402 e. The summed E-state index contributed by atoms with van der Waals surface area (Å²) in [6.45, 7) is 49.3. The maximum absolute atomic E-state index is 13.4. The first-order valence-electron chi connectivity index (χ1n) is 23.8. The van der Waals surface area contributed by atoms with Crippen molar-refractivity contribution >= 4 is 50.7 Å². The summed E-state index contributed by atoms with van der Waals surface area (Å²) >= 11 is 2.42. The Kier molecular flexibility index (Phi) is 28.3. The molecule has 1 heterocycles. The number of thioether (sulfide) groups is 2. The van der Waals surface area contributed by atoms with Crippen LogP contribution in [0.3, 0.4) is 0 Å². The van der Waals surface area contributed by atoms with Crippen molar-refractivity contribution in [3.8, 4) is 0 Å². The molecule has 0 radical (unpaired) electrons. The lowest BCUT2D eigenvalue weighted by molar-refractivity contribution is -0.114. The van der Waals surface area contributed by atoms with Crippen LogP contribution in [0.1, 0.15) is 171 Å². The topological polar surface area (TPSA) is 113 Å². The highest BCUT2D eigenvalue weighted by atomic mass is 32.2. The van der Waals surface area contributed by atoms with Gasteiger partial charge in [0.1, 0.15) is 0 Å². The molecule has 0 bridgehead atoms. The first-order chi connectivity index (χ1) is 29.1. The van der Waals surface area contributed by atoms with Crippen LogP contribution in [0.15, 0.2) is 11.3 Å². The lowest BCUT2D eigenvalue weighted by Gasteiger charge is -2.58. The third-order valence-corrected chi connectivity index (χ3v) is 19.7. The summed E-state index contributed by atoms with van der Waals surface area (Å²) in [6, 6.07) is 2.49. The van der Waals surface area contributed by atoms with Gasteiger partial charge in [0.2, 0.25) is 5.12 Å². The van der Waals surface area contributed by atoms with Crippen LogP contribution >= 0.6 is 40.4 Å². The van der Waals surface area contributed by atoms with Crippen molar-refractivity contribution in [1.82, 2.24) is 23.6 Å². The van der Waals surface area contributed by atoms with Gasteiger partial charge in [-0.25, -0.2) is 18.7 Å². The highest BCUT2D eigenvalue weighted by Crippen LogP contribution is 2.53. The molecule has 1 fully saturated rings. The van der Waals surface area contributed by atoms with E-state index in [1.165, 1.54) is 11.8 Å².